The third-order valence-electron chi connectivity index (χ3n) is 3.75. The van der Waals surface area contributed by atoms with Gasteiger partial charge in [-0.05, 0) is 19.3 Å². The first-order valence-corrected chi connectivity index (χ1v) is 6.88. The fraction of sp³-hybridized carbons (Fsp3) is 0.769. The van der Waals surface area contributed by atoms with E-state index in [4.69, 9.17) is 5.11 Å². The molecule has 7 nitrogen and oxygen atoms in total. The van der Waals surface area contributed by atoms with Crippen LogP contribution in [0, 0.1) is 5.92 Å². The number of carbonyl (C=O) groups excluding carboxylic acids is 2. The van der Waals surface area contributed by atoms with E-state index >= 15 is 0 Å². The summed E-state index contributed by atoms with van der Waals surface area (Å²) < 4.78 is 0. The van der Waals surface area contributed by atoms with Gasteiger partial charge in [0.2, 0.25) is 5.91 Å². The van der Waals surface area contributed by atoms with Gasteiger partial charge in [-0.25, -0.2) is 9.59 Å². The van der Waals surface area contributed by atoms with Gasteiger partial charge in [0.25, 0.3) is 0 Å². The van der Waals surface area contributed by atoms with Crippen LogP contribution in [0.4, 0.5) is 4.79 Å². The zero-order valence-corrected chi connectivity index (χ0v) is 12.3. The number of aliphatic carboxylic acids is 1. The van der Waals surface area contributed by atoms with Gasteiger partial charge in [0, 0.05) is 27.2 Å². The van der Waals surface area contributed by atoms with Crippen LogP contribution < -0.4 is 5.32 Å². The van der Waals surface area contributed by atoms with Crippen molar-refractivity contribution in [2.24, 2.45) is 5.92 Å². The molecule has 0 saturated carbocycles. The second-order valence-electron chi connectivity index (χ2n) is 5.06. The van der Waals surface area contributed by atoms with E-state index in [9.17, 15) is 14.4 Å². The number of piperidine rings is 1. The maximum Gasteiger partial charge on any atom is 0.326 e. The van der Waals surface area contributed by atoms with Gasteiger partial charge in [-0.15, -0.1) is 0 Å². The van der Waals surface area contributed by atoms with Gasteiger partial charge in [0.15, 0.2) is 0 Å². The van der Waals surface area contributed by atoms with Gasteiger partial charge >= 0.3 is 12.0 Å². The third kappa shape index (κ3) is 3.61. The third-order valence-corrected chi connectivity index (χ3v) is 3.75. The molecule has 1 fully saturated rings. The van der Waals surface area contributed by atoms with Gasteiger partial charge in [-0.1, -0.05) is 6.92 Å². The van der Waals surface area contributed by atoms with E-state index in [0.29, 0.717) is 19.5 Å². The quantitative estimate of drug-likeness (QED) is 0.780. The Hall–Kier alpha value is -1.79. The van der Waals surface area contributed by atoms with Crippen molar-refractivity contribution in [3.8, 4) is 0 Å². The Balaban J connectivity index is 2.71. The van der Waals surface area contributed by atoms with Gasteiger partial charge in [-0.3, -0.25) is 4.79 Å². The zero-order chi connectivity index (χ0) is 15.3. The Labute approximate surface area is 118 Å². The second kappa shape index (κ2) is 7.12. The van der Waals surface area contributed by atoms with E-state index in [1.807, 2.05) is 0 Å². The molecule has 20 heavy (non-hydrogen) atoms. The summed E-state index contributed by atoms with van der Waals surface area (Å²) in [5.74, 6) is -1.30. The highest BCUT2D eigenvalue weighted by Gasteiger charge is 2.32. The van der Waals surface area contributed by atoms with E-state index < -0.39 is 12.0 Å². The maximum atomic E-state index is 12.3. The van der Waals surface area contributed by atoms with Gasteiger partial charge in [0.05, 0.1) is 5.92 Å². The minimum absolute atomic E-state index is 0.0737. The highest BCUT2D eigenvalue weighted by molar-refractivity contribution is 5.83. The molecule has 0 aromatic rings. The molecule has 3 amide bonds. The molecular weight excluding hydrogens is 262 g/mol. The van der Waals surface area contributed by atoms with Crippen LogP contribution in [0.3, 0.4) is 0 Å². The molecule has 1 aliphatic heterocycles. The van der Waals surface area contributed by atoms with Crippen molar-refractivity contribution in [1.82, 2.24) is 15.1 Å². The minimum Gasteiger partial charge on any atom is -0.480 e. The first-order valence-electron chi connectivity index (χ1n) is 6.88. The minimum atomic E-state index is -1.01. The molecule has 2 N–H and O–H groups in total. The van der Waals surface area contributed by atoms with E-state index in [2.05, 4.69) is 5.32 Å². The average molecular weight is 285 g/mol. The number of urea groups is 1. The van der Waals surface area contributed by atoms with Crippen LogP contribution in [-0.2, 0) is 9.59 Å². The van der Waals surface area contributed by atoms with Crippen LogP contribution in [0.5, 0.6) is 0 Å². The lowest BCUT2D eigenvalue weighted by atomic mass is 9.97. The van der Waals surface area contributed by atoms with Crippen LogP contribution in [-0.4, -0.2) is 66.0 Å². The first-order chi connectivity index (χ1) is 9.42. The summed E-state index contributed by atoms with van der Waals surface area (Å²) in [5.41, 5.74) is 0. The maximum absolute atomic E-state index is 12.3. The first kappa shape index (κ1) is 16.3. The van der Waals surface area contributed by atoms with Crippen LogP contribution in [0.15, 0.2) is 0 Å². The molecule has 0 aromatic carbocycles. The molecule has 1 rings (SSSR count). The Morgan fingerprint density at radius 3 is 2.60 bits per heavy atom. The van der Waals surface area contributed by atoms with E-state index in [1.165, 1.54) is 11.9 Å². The van der Waals surface area contributed by atoms with Crippen molar-refractivity contribution in [1.29, 1.82) is 0 Å². The molecule has 1 aliphatic rings. The predicted octanol–water partition coefficient (Wildman–Crippen LogP) is 0.359. The Kier molecular flexibility index (Phi) is 5.79. The molecule has 0 aliphatic carbocycles. The van der Waals surface area contributed by atoms with Crippen molar-refractivity contribution >= 4 is 17.9 Å². The number of nitrogens with one attached hydrogen (secondary N) is 1. The van der Waals surface area contributed by atoms with Crippen LogP contribution in [0.2, 0.25) is 0 Å². The summed E-state index contributed by atoms with van der Waals surface area (Å²) in [6.07, 6.45) is 1.86. The Bertz CT molecular complexity index is 386. The van der Waals surface area contributed by atoms with Crippen LogP contribution in [0.25, 0.3) is 0 Å². The summed E-state index contributed by atoms with van der Waals surface area (Å²) in [6, 6.07) is -1.16. The molecular formula is C13H23N3O4. The van der Waals surface area contributed by atoms with Gasteiger partial charge in [0.1, 0.15) is 6.04 Å². The normalized spacial score (nSPS) is 20.1. The predicted molar refractivity (Wildman–Crippen MR) is 73.2 cm³/mol. The number of amides is 3. The summed E-state index contributed by atoms with van der Waals surface area (Å²) in [4.78, 5) is 37.9. The number of carbonyl (C=O) groups is 3. The fourth-order valence-corrected chi connectivity index (χ4v) is 2.54. The molecule has 1 heterocycles. The number of likely N-dealkylation sites (tertiary alicyclic amines) is 1. The monoisotopic (exact) mass is 285 g/mol. The number of likely N-dealkylation sites (N-methyl/N-ethyl adjacent to an activating group) is 1. The zero-order valence-electron chi connectivity index (χ0n) is 12.3. The number of carboxylic acid groups (broad SMARTS) is 1. The summed E-state index contributed by atoms with van der Waals surface area (Å²) in [6.45, 7) is 2.64. The SMILES string of the molecule is CCC(C(=O)O)N(C)C(=O)N1CCCC(C(=O)NC)C1. The van der Waals surface area contributed by atoms with E-state index in [0.717, 1.165) is 12.8 Å². The Morgan fingerprint density at radius 1 is 1.45 bits per heavy atom. The van der Waals surface area contributed by atoms with Crippen molar-refractivity contribution < 1.29 is 19.5 Å². The number of hydrogen-bond donors (Lipinski definition) is 2. The largest absolute Gasteiger partial charge is 0.480 e. The standard InChI is InChI=1S/C13H23N3O4/c1-4-10(12(18)19)15(3)13(20)16-7-5-6-9(8-16)11(17)14-2/h9-10H,4-8H2,1-3H3,(H,14,17)(H,18,19). The van der Waals surface area contributed by atoms with Gasteiger partial charge < -0.3 is 20.2 Å². The molecule has 0 bridgehead atoms. The lowest BCUT2D eigenvalue weighted by Crippen LogP contribution is -2.52. The topological polar surface area (TPSA) is 90.0 Å². The average Bonchev–Trinajstić information content (AvgIpc) is 2.45. The highest BCUT2D eigenvalue weighted by Crippen LogP contribution is 2.18. The number of hydrogen-bond acceptors (Lipinski definition) is 3. The molecule has 0 aromatic heterocycles. The molecule has 7 heteroatoms. The number of nitrogens with zero attached hydrogens (tertiary/aromatic N) is 2. The van der Waals surface area contributed by atoms with Crippen molar-refractivity contribution in [3.05, 3.63) is 0 Å². The number of carboxylic acids is 1. The molecule has 2 unspecified atom stereocenters. The molecule has 0 radical (unpaired) electrons. The lowest BCUT2D eigenvalue weighted by Gasteiger charge is -2.36. The lowest BCUT2D eigenvalue weighted by molar-refractivity contribution is -0.142. The van der Waals surface area contributed by atoms with Gasteiger partial charge in [-0.2, -0.15) is 0 Å². The second-order valence-corrected chi connectivity index (χ2v) is 5.06. The van der Waals surface area contributed by atoms with Crippen LogP contribution >= 0.6 is 0 Å². The Morgan fingerprint density at radius 2 is 2.10 bits per heavy atom. The van der Waals surface area contributed by atoms with E-state index in [1.54, 1.807) is 18.9 Å². The summed E-state index contributed by atoms with van der Waals surface area (Å²) in [7, 11) is 3.07. The molecule has 1 saturated heterocycles. The molecule has 2 atom stereocenters. The highest BCUT2D eigenvalue weighted by atomic mass is 16.4. The van der Waals surface area contributed by atoms with Crippen molar-refractivity contribution in [2.75, 3.05) is 27.2 Å². The smallest absolute Gasteiger partial charge is 0.326 e. The number of rotatable bonds is 4. The van der Waals surface area contributed by atoms with Crippen molar-refractivity contribution in [2.45, 2.75) is 32.2 Å². The van der Waals surface area contributed by atoms with Crippen LogP contribution in [0.1, 0.15) is 26.2 Å². The fourth-order valence-electron chi connectivity index (χ4n) is 2.54. The molecule has 0 spiro atoms. The van der Waals surface area contributed by atoms with E-state index in [-0.39, 0.29) is 17.9 Å². The summed E-state index contributed by atoms with van der Waals surface area (Å²) in [5, 5.41) is 11.7. The van der Waals surface area contributed by atoms with Crippen molar-refractivity contribution in [3.63, 3.8) is 0 Å². The summed E-state index contributed by atoms with van der Waals surface area (Å²) >= 11 is 0. The molecule has 114 valence electrons.